The molecule has 0 atom stereocenters. The summed E-state index contributed by atoms with van der Waals surface area (Å²) in [6.45, 7) is 0.827. The Morgan fingerprint density at radius 1 is 1.04 bits per heavy atom. The van der Waals surface area contributed by atoms with Gasteiger partial charge in [-0.3, -0.25) is 29.3 Å². The van der Waals surface area contributed by atoms with Gasteiger partial charge in [-0.2, -0.15) is 0 Å². The number of rotatable bonds is 8. The lowest BCUT2D eigenvalue weighted by Gasteiger charge is -2.23. The Kier molecular flexibility index (Phi) is 6.26. The second-order valence-electron chi connectivity index (χ2n) is 5.34. The molecule has 0 heterocycles. The van der Waals surface area contributed by atoms with Crippen LogP contribution in [0, 0.1) is 20.2 Å². The molecular weight excluding hydrogens is 394 g/mol. The molecule has 2 aromatic rings. The summed E-state index contributed by atoms with van der Waals surface area (Å²) >= 11 is 0. The summed E-state index contributed by atoms with van der Waals surface area (Å²) in [5, 5.41) is 21.8. The maximum atomic E-state index is 13.0. The van der Waals surface area contributed by atoms with Crippen molar-refractivity contribution >= 4 is 33.1 Å². The molecule has 0 bridgehead atoms. The number of non-ortho nitro benzene ring substituents is 2. The minimum atomic E-state index is -4.37. The fourth-order valence-electron chi connectivity index (χ4n) is 2.27. The zero-order valence-corrected chi connectivity index (χ0v) is 15.4. The highest BCUT2D eigenvalue weighted by Gasteiger charge is 2.29. The van der Waals surface area contributed by atoms with Gasteiger partial charge in [-0.15, -0.1) is 0 Å². The van der Waals surface area contributed by atoms with Gasteiger partial charge in [0.15, 0.2) is 0 Å². The van der Waals surface area contributed by atoms with E-state index in [1.54, 1.807) is 6.92 Å². The van der Waals surface area contributed by atoms with E-state index in [9.17, 15) is 33.4 Å². The summed E-state index contributed by atoms with van der Waals surface area (Å²) in [5.41, 5.74) is -0.808. The van der Waals surface area contributed by atoms with E-state index in [1.807, 2.05) is 0 Å². The maximum Gasteiger partial charge on any atom is 0.326 e. The van der Waals surface area contributed by atoms with Crippen molar-refractivity contribution in [1.82, 2.24) is 0 Å². The molecule has 0 aromatic heterocycles. The van der Waals surface area contributed by atoms with Crippen LogP contribution in [0.1, 0.15) is 6.92 Å². The molecule has 28 heavy (non-hydrogen) atoms. The van der Waals surface area contributed by atoms with Crippen LogP contribution < -0.4 is 4.31 Å². The molecule has 0 amide bonds. The number of carbonyl (C=O) groups is 1. The molecule has 2 rings (SSSR count). The summed E-state index contributed by atoms with van der Waals surface area (Å²) in [5.74, 6) is -0.862. The predicted molar refractivity (Wildman–Crippen MR) is 97.4 cm³/mol. The second-order valence-corrected chi connectivity index (χ2v) is 7.21. The SMILES string of the molecule is CCOC(=O)CN(c1cccc([N+](=O)[O-])c1)S(=O)(=O)c1ccc([N+](=O)[O-])cc1. The molecule has 0 unspecified atom stereocenters. The van der Waals surface area contributed by atoms with E-state index in [0.717, 1.165) is 30.3 Å². The van der Waals surface area contributed by atoms with Gasteiger partial charge >= 0.3 is 5.97 Å². The average molecular weight is 409 g/mol. The van der Waals surface area contributed by atoms with Crippen molar-refractivity contribution in [2.24, 2.45) is 0 Å². The van der Waals surface area contributed by atoms with Crippen LogP contribution in [0.15, 0.2) is 53.4 Å². The van der Waals surface area contributed by atoms with E-state index in [-0.39, 0.29) is 28.6 Å². The predicted octanol–water partition coefficient (Wildman–Crippen LogP) is 2.26. The van der Waals surface area contributed by atoms with Crippen LogP contribution in [0.3, 0.4) is 0 Å². The highest BCUT2D eigenvalue weighted by molar-refractivity contribution is 7.92. The van der Waals surface area contributed by atoms with Crippen LogP contribution >= 0.6 is 0 Å². The number of sulfonamides is 1. The highest BCUT2D eigenvalue weighted by Crippen LogP contribution is 2.27. The number of hydrogen-bond donors (Lipinski definition) is 0. The highest BCUT2D eigenvalue weighted by atomic mass is 32.2. The van der Waals surface area contributed by atoms with Gasteiger partial charge in [0.25, 0.3) is 21.4 Å². The molecule has 148 valence electrons. The number of ether oxygens (including phenoxy) is 1. The Labute approximate surface area is 159 Å². The third-order valence-corrected chi connectivity index (χ3v) is 5.33. The lowest BCUT2D eigenvalue weighted by Crippen LogP contribution is -2.36. The number of esters is 1. The smallest absolute Gasteiger partial charge is 0.326 e. The van der Waals surface area contributed by atoms with Gasteiger partial charge in [-0.1, -0.05) is 6.07 Å². The topological polar surface area (TPSA) is 150 Å². The molecule has 0 aliphatic carbocycles. The van der Waals surface area contributed by atoms with Crippen molar-refractivity contribution in [3.8, 4) is 0 Å². The van der Waals surface area contributed by atoms with Crippen molar-refractivity contribution in [2.45, 2.75) is 11.8 Å². The molecule has 11 nitrogen and oxygen atoms in total. The average Bonchev–Trinajstić information content (AvgIpc) is 2.66. The lowest BCUT2D eigenvalue weighted by atomic mass is 10.3. The molecular formula is C16H15N3O8S. The van der Waals surface area contributed by atoms with E-state index in [0.29, 0.717) is 4.31 Å². The standard InChI is InChI=1S/C16H15N3O8S/c1-2-27-16(20)11-17(13-4-3-5-14(10-13)19(23)24)28(25,26)15-8-6-12(7-9-15)18(21)22/h3-10H,2,11H2,1H3. The van der Waals surface area contributed by atoms with E-state index in [2.05, 4.69) is 0 Å². The summed E-state index contributed by atoms with van der Waals surface area (Å²) < 4.78 is 31.5. The van der Waals surface area contributed by atoms with Crippen molar-refractivity contribution in [2.75, 3.05) is 17.5 Å². The maximum absolute atomic E-state index is 13.0. The number of nitrogens with zero attached hydrogens (tertiary/aromatic N) is 3. The largest absolute Gasteiger partial charge is 0.465 e. The van der Waals surface area contributed by atoms with Gasteiger partial charge in [0.1, 0.15) is 6.54 Å². The monoisotopic (exact) mass is 409 g/mol. The van der Waals surface area contributed by atoms with Crippen molar-refractivity contribution in [3.63, 3.8) is 0 Å². The molecule has 0 radical (unpaired) electrons. The summed E-state index contributed by atoms with van der Waals surface area (Å²) in [6, 6.07) is 8.77. The van der Waals surface area contributed by atoms with Crippen molar-refractivity contribution in [1.29, 1.82) is 0 Å². The molecule has 2 aromatic carbocycles. The minimum absolute atomic E-state index is 0.0131. The molecule has 0 saturated heterocycles. The van der Waals surface area contributed by atoms with Crippen LogP contribution in [0.2, 0.25) is 0 Å². The molecule has 0 saturated carbocycles. The summed E-state index contributed by atoms with van der Waals surface area (Å²) in [6.07, 6.45) is 0. The summed E-state index contributed by atoms with van der Waals surface area (Å²) in [4.78, 5) is 32.0. The molecule has 0 N–H and O–H groups in total. The molecule has 0 aliphatic heterocycles. The van der Waals surface area contributed by atoms with Crippen LogP contribution in [0.5, 0.6) is 0 Å². The molecule has 0 spiro atoms. The van der Waals surface area contributed by atoms with Gasteiger partial charge in [0.2, 0.25) is 0 Å². The first kappa shape index (κ1) is 20.8. The lowest BCUT2D eigenvalue weighted by molar-refractivity contribution is -0.385. The first-order chi connectivity index (χ1) is 13.2. The Hall–Kier alpha value is -3.54. The fourth-order valence-corrected chi connectivity index (χ4v) is 3.67. The van der Waals surface area contributed by atoms with Gasteiger partial charge < -0.3 is 4.74 Å². The van der Waals surface area contributed by atoms with E-state index < -0.39 is 32.4 Å². The van der Waals surface area contributed by atoms with Crippen LogP contribution in [-0.2, 0) is 19.6 Å². The Bertz CT molecular complexity index is 1000. The quantitative estimate of drug-likeness (QED) is 0.366. The molecule has 0 fully saturated rings. The van der Waals surface area contributed by atoms with E-state index in [4.69, 9.17) is 4.74 Å². The molecule has 12 heteroatoms. The normalized spacial score (nSPS) is 10.9. The van der Waals surface area contributed by atoms with Crippen molar-refractivity contribution < 1.29 is 27.8 Å². The number of nitro benzene ring substituents is 2. The van der Waals surface area contributed by atoms with E-state index in [1.165, 1.54) is 18.2 Å². The van der Waals surface area contributed by atoms with Crippen molar-refractivity contribution in [3.05, 3.63) is 68.8 Å². The second kappa shape index (κ2) is 8.43. The molecule has 0 aliphatic rings. The Morgan fingerprint density at radius 2 is 1.64 bits per heavy atom. The number of hydrogen-bond acceptors (Lipinski definition) is 8. The first-order valence-corrected chi connectivity index (χ1v) is 9.28. The van der Waals surface area contributed by atoms with Gasteiger partial charge in [0.05, 0.1) is 27.0 Å². The minimum Gasteiger partial charge on any atom is -0.465 e. The van der Waals surface area contributed by atoms with Gasteiger partial charge in [0, 0.05) is 24.3 Å². The Balaban J connectivity index is 2.53. The fraction of sp³-hybridized carbons (Fsp3) is 0.188. The third-order valence-electron chi connectivity index (χ3n) is 3.54. The third kappa shape index (κ3) is 4.59. The van der Waals surface area contributed by atoms with Gasteiger partial charge in [-0.25, -0.2) is 8.42 Å². The number of nitro groups is 2. The summed E-state index contributed by atoms with van der Waals surface area (Å²) in [7, 11) is -4.37. The van der Waals surface area contributed by atoms with Crippen LogP contribution in [0.25, 0.3) is 0 Å². The Morgan fingerprint density at radius 3 is 2.18 bits per heavy atom. The van der Waals surface area contributed by atoms with Crippen LogP contribution in [0.4, 0.5) is 17.1 Å². The first-order valence-electron chi connectivity index (χ1n) is 7.84. The van der Waals surface area contributed by atoms with Crippen LogP contribution in [-0.4, -0.2) is 37.4 Å². The van der Waals surface area contributed by atoms with Gasteiger partial charge in [-0.05, 0) is 25.1 Å². The number of carbonyl (C=O) groups excluding carboxylic acids is 1. The van der Waals surface area contributed by atoms with E-state index >= 15 is 0 Å². The zero-order chi connectivity index (χ0) is 20.9. The zero-order valence-electron chi connectivity index (χ0n) is 14.5. The number of anilines is 1. The number of benzene rings is 2.